The van der Waals surface area contributed by atoms with Gasteiger partial charge in [-0.2, -0.15) is 0 Å². The Kier molecular flexibility index (Phi) is 8.03. The average Bonchev–Trinajstić information content (AvgIpc) is 2.67. The van der Waals surface area contributed by atoms with E-state index in [-0.39, 0.29) is 23.7 Å². The molecular formula is C21H19I2O6-. The van der Waals surface area contributed by atoms with Crippen molar-refractivity contribution in [2.45, 2.75) is 33.8 Å². The number of esters is 2. The fraction of sp³-hybridized carbons (Fsp3) is 0.286. The van der Waals surface area contributed by atoms with Gasteiger partial charge in [-0.1, -0.05) is 25.1 Å². The minimum atomic E-state index is -1.46. The third kappa shape index (κ3) is 5.91. The molecule has 2 aromatic carbocycles. The van der Waals surface area contributed by atoms with E-state index in [2.05, 4.69) is 45.2 Å². The smallest absolute Gasteiger partial charge is 0.339 e. The molecule has 154 valence electrons. The summed E-state index contributed by atoms with van der Waals surface area (Å²) in [5.74, 6) is -2.31. The van der Waals surface area contributed by atoms with E-state index >= 15 is 0 Å². The van der Waals surface area contributed by atoms with E-state index in [1.807, 2.05) is 13.0 Å². The molecule has 0 aliphatic carbocycles. The molecule has 0 radical (unpaired) electrons. The molecule has 2 aromatic rings. The third-order valence-electron chi connectivity index (χ3n) is 4.44. The largest absolute Gasteiger partial charge is 0.545 e. The summed E-state index contributed by atoms with van der Waals surface area (Å²) in [5, 5.41) is 11.2. The van der Waals surface area contributed by atoms with Gasteiger partial charge >= 0.3 is 11.9 Å². The van der Waals surface area contributed by atoms with E-state index in [0.29, 0.717) is 21.3 Å². The molecule has 0 saturated carbocycles. The number of carbonyl (C=O) groups excluding carboxylic acids is 3. The fourth-order valence-corrected chi connectivity index (χ4v) is 4.35. The summed E-state index contributed by atoms with van der Waals surface area (Å²) in [7, 11) is 0. The molecule has 8 heteroatoms. The van der Waals surface area contributed by atoms with Crippen molar-refractivity contribution >= 4 is 63.1 Å². The van der Waals surface area contributed by atoms with Gasteiger partial charge in [0.1, 0.15) is 6.61 Å². The first kappa shape index (κ1) is 23.6. The standard InChI is InChI=1S/C21H20I2O6/c1-4-21(2,3)20(27)29-17-12(9-13(22)10-16(17)23)11-28-19(26)15-8-6-5-7-14(15)18(24)25/h5-10H,4,11H2,1-3H3,(H,24,25)/p-1. The number of hydrogen-bond acceptors (Lipinski definition) is 6. The van der Waals surface area contributed by atoms with Gasteiger partial charge in [0.2, 0.25) is 0 Å². The van der Waals surface area contributed by atoms with E-state index < -0.39 is 17.4 Å². The molecule has 0 heterocycles. The zero-order valence-electron chi connectivity index (χ0n) is 16.1. The summed E-state index contributed by atoms with van der Waals surface area (Å²) in [6, 6.07) is 9.27. The normalized spacial score (nSPS) is 11.1. The highest BCUT2D eigenvalue weighted by Gasteiger charge is 2.29. The summed E-state index contributed by atoms with van der Waals surface area (Å²) in [6.45, 7) is 5.32. The molecule has 0 atom stereocenters. The molecule has 0 aliphatic rings. The maximum atomic E-state index is 12.5. The Morgan fingerprint density at radius 2 is 1.69 bits per heavy atom. The third-order valence-corrected chi connectivity index (χ3v) is 5.87. The second kappa shape index (κ2) is 9.88. The molecule has 0 aliphatic heterocycles. The molecule has 0 unspecified atom stereocenters. The SMILES string of the molecule is CCC(C)(C)C(=O)Oc1c(I)cc(I)cc1COC(=O)c1ccccc1C(=O)[O-]. The molecule has 0 amide bonds. The van der Waals surface area contributed by atoms with Crippen LogP contribution in [0.25, 0.3) is 0 Å². The Morgan fingerprint density at radius 1 is 1.07 bits per heavy atom. The highest BCUT2D eigenvalue weighted by molar-refractivity contribution is 14.1. The van der Waals surface area contributed by atoms with Crippen molar-refractivity contribution in [3.8, 4) is 5.75 Å². The summed E-state index contributed by atoms with van der Waals surface area (Å²) < 4.78 is 12.5. The Balaban J connectivity index is 2.28. The highest BCUT2D eigenvalue weighted by atomic mass is 127. The van der Waals surface area contributed by atoms with Crippen LogP contribution in [0.5, 0.6) is 5.75 Å². The van der Waals surface area contributed by atoms with Crippen LogP contribution in [0.2, 0.25) is 0 Å². The second-order valence-corrected chi connectivity index (χ2v) is 9.32. The van der Waals surface area contributed by atoms with Crippen LogP contribution in [0.1, 0.15) is 53.5 Å². The molecule has 2 rings (SSSR count). The van der Waals surface area contributed by atoms with Gasteiger partial charge in [-0.15, -0.1) is 0 Å². The molecular weight excluding hydrogens is 602 g/mol. The predicted molar refractivity (Wildman–Crippen MR) is 121 cm³/mol. The topological polar surface area (TPSA) is 92.7 Å². The number of carbonyl (C=O) groups is 3. The number of halogens is 2. The number of ether oxygens (including phenoxy) is 2. The molecule has 0 spiro atoms. The maximum Gasteiger partial charge on any atom is 0.339 e. The Hall–Kier alpha value is -1.69. The predicted octanol–water partition coefficient (Wildman–Crippen LogP) is 3.96. The molecule has 0 N–H and O–H groups in total. The van der Waals surface area contributed by atoms with Crippen LogP contribution in [-0.4, -0.2) is 17.9 Å². The van der Waals surface area contributed by atoms with Gasteiger partial charge in [-0.3, -0.25) is 4.79 Å². The lowest BCUT2D eigenvalue weighted by atomic mass is 9.91. The van der Waals surface area contributed by atoms with Crippen molar-refractivity contribution < 1.29 is 29.0 Å². The van der Waals surface area contributed by atoms with Crippen molar-refractivity contribution in [3.05, 3.63) is 60.2 Å². The number of rotatable bonds is 7. The van der Waals surface area contributed by atoms with Crippen LogP contribution in [0.4, 0.5) is 0 Å². The lowest BCUT2D eigenvalue weighted by molar-refractivity contribution is -0.255. The molecule has 0 bridgehead atoms. The number of benzene rings is 2. The van der Waals surface area contributed by atoms with Crippen LogP contribution in [0.15, 0.2) is 36.4 Å². The lowest BCUT2D eigenvalue weighted by Crippen LogP contribution is -2.29. The number of aromatic carboxylic acids is 1. The maximum absolute atomic E-state index is 12.5. The van der Waals surface area contributed by atoms with Crippen LogP contribution in [-0.2, 0) is 16.1 Å². The average molecular weight is 621 g/mol. The van der Waals surface area contributed by atoms with E-state index in [1.165, 1.54) is 24.3 Å². The van der Waals surface area contributed by atoms with Crippen LogP contribution in [0.3, 0.4) is 0 Å². The quantitative estimate of drug-likeness (QED) is 0.264. The Labute approximate surface area is 196 Å². The minimum absolute atomic E-state index is 0.0986. The van der Waals surface area contributed by atoms with Crippen molar-refractivity contribution in [1.29, 1.82) is 0 Å². The first-order chi connectivity index (χ1) is 13.6. The Bertz CT molecular complexity index is 952. The first-order valence-electron chi connectivity index (χ1n) is 8.74. The summed E-state index contributed by atoms with van der Waals surface area (Å²) >= 11 is 4.18. The van der Waals surface area contributed by atoms with Crippen LogP contribution >= 0.6 is 45.2 Å². The summed E-state index contributed by atoms with van der Waals surface area (Å²) in [4.78, 5) is 36.2. The summed E-state index contributed by atoms with van der Waals surface area (Å²) in [5.41, 5.74) is -0.488. The van der Waals surface area contributed by atoms with Crippen molar-refractivity contribution in [2.75, 3.05) is 0 Å². The fourth-order valence-electron chi connectivity index (χ4n) is 2.27. The van der Waals surface area contributed by atoms with Crippen molar-refractivity contribution in [1.82, 2.24) is 0 Å². The van der Waals surface area contributed by atoms with Crippen molar-refractivity contribution in [2.24, 2.45) is 5.41 Å². The number of carboxylic acid groups (broad SMARTS) is 1. The number of hydrogen-bond donors (Lipinski definition) is 0. The van der Waals surface area contributed by atoms with E-state index in [4.69, 9.17) is 9.47 Å². The molecule has 29 heavy (non-hydrogen) atoms. The molecule has 0 aromatic heterocycles. The molecule has 6 nitrogen and oxygen atoms in total. The van der Waals surface area contributed by atoms with Crippen LogP contribution < -0.4 is 9.84 Å². The van der Waals surface area contributed by atoms with E-state index in [9.17, 15) is 19.5 Å². The van der Waals surface area contributed by atoms with Gasteiger partial charge in [0.05, 0.1) is 20.5 Å². The highest BCUT2D eigenvalue weighted by Crippen LogP contribution is 2.32. The van der Waals surface area contributed by atoms with Gasteiger partial charge in [0.15, 0.2) is 5.75 Å². The molecule has 0 fully saturated rings. The van der Waals surface area contributed by atoms with Gasteiger partial charge in [0, 0.05) is 14.7 Å². The van der Waals surface area contributed by atoms with Gasteiger partial charge in [-0.25, -0.2) is 4.79 Å². The zero-order valence-corrected chi connectivity index (χ0v) is 20.4. The minimum Gasteiger partial charge on any atom is -0.545 e. The van der Waals surface area contributed by atoms with E-state index in [0.717, 1.165) is 3.57 Å². The lowest BCUT2D eigenvalue weighted by Gasteiger charge is -2.22. The Morgan fingerprint density at radius 3 is 2.28 bits per heavy atom. The second-order valence-electron chi connectivity index (χ2n) is 6.91. The number of carboxylic acids is 1. The van der Waals surface area contributed by atoms with Gasteiger partial charge in [-0.05, 0) is 83.6 Å². The van der Waals surface area contributed by atoms with E-state index in [1.54, 1.807) is 19.9 Å². The van der Waals surface area contributed by atoms with Gasteiger partial charge in [0.25, 0.3) is 0 Å². The zero-order chi connectivity index (χ0) is 21.8. The summed E-state index contributed by atoms with van der Waals surface area (Å²) in [6.07, 6.45) is 0.608. The van der Waals surface area contributed by atoms with Crippen LogP contribution in [0, 0.1) is 12.6 Å². The van der Waals surface area contributed by atoms with Gasteiger partial charge < -0.3 is 19.4 Å². The monoisotopic (exact) mass is 621 g/mol. The van der Waals surface area contributed by atoms with Crippen molar-refractivity contribution in [3.63, 3.8) is 0 Å². The first-order valence-corrected chi connectivity index (χ1v) is 10.9. The molecule has 0 saturated heterocycles.